The molecule has 2 N–H and O–H groups in total. The fraction of sp³-hybridized carbons (Fsp3) is 0.467. The zero-order valence-corrected chi connectivity index (χ0v) is 12.2. The molecule has 1 rings (SSSR count). The lowest BCUT2D eigenvalue weighted by Gasteiger charge is -2.20. The maximum atomic E-state index is 11.9. The Labute approximate surface area is 119 Å². The Kier molecular flexibility index (Phi) is 6.18. The van der Waals surface area contributed by atoms with Crippen LogP contribution in [0.5, 0.6) is 0 Å². The molecular formula is C15H22N2O3. The fourth-order valence-electron chi connectivity index (χ4n) is 1.97. The van der Waals surface area contributed by atoms with Crippen molar-refractivity contribution in [2.24, 2.45) is 5.92 Å². The number of likely N-dealkylation sites (N-methyl/N-ethyl adjacent to an activating group) is 1. The smallest absolute Gasteiger partial charge is 0.307 e. The van der Waals surface area contributed by atoms with Crippen molar-refractivity contribution in [3.05, 3.63) is 35.9 Å². The third-order valence-corrected chi connectivity index (χ3v) is 3.10. The quantitative estimate of drug-likeness (QED) is 0.793. The van der Waals surface area contributed by atoms with Gasteiger partial charge in [-0.1, -0.05) is 37.3 Å². The Morgan fingerprint density at radius 2 is 1.85 bits per heavy atom. The average molecular weight is 278 g/mol. The van der Waals surface area contributed by atoms with E-state index in [2.05, 4.69) is 5.32 Å². The Bertz CT molecular complexity index is 448. The van der Waals surface area contributed by atoms with Crippen LogP contribution in [0.4, 0.5) is 0 Å². The highest BCUT2D eigenvalue weighted by atomic mass is 16.4. The van der Waals surface area contributed by atoms with Crippen LogP contribution in [0.25, 0.3) is 0 Å². The van der Waals surface area contributed by atoms with Gasteiger partial charge in [-0.25, -0.2) is 0 Å². The molecule has 2 atom stereocenters. The second-order valence-electron chi connectivity index (χ2n) is 5.14. The first kappa shape index (κ1) is 16.2. The van der Waals surface area contributed by atoms with E-state index >= 15 is 0 Å². The summed E-state index contributed by atoms with van der Waals surface area (Å²) in [6.07, 6.45) is 0. The van der Waals surface area contributed by atoms with Gasteiger partial charge >= 0.3 is 5.97 Å². The van der Waals surface area contributed by atoms with E-state index in [0.717, 1.165) is 5.56 Å². The van der Waals surface area contributed by atoms with Gasteiger partial charge in [0, 0.05) is 6.54 Å². The lowest BCUT2D eigenvalue weighted by molar-refractivity contribution is -0.142. The molecule has 110 valence electrons. The number of aliphatic carboxylic acids is 1. The number of carboxylic acid groups (broad SMARTS) is 1. The van der Waals surface area contributed by atoms with Crippen LogP contribution in [0.2, 0.25) is 0 Å². The van der Waals surface area contributed by atoms with Crippen molar-refractivity contribution in [1.82, 2.24) is 10.2 Å². The van der Waals surface area contributed by atoms with Crippen molar-refractivity contribution in [3.63, 3.8) is 0 Å². The SMILES string of the molecule is CC(CN(C)CC(=O)NC(C)c1ccccc1)C(=O)O. The molecule has 2 unspecified atom stereocenters. The highest BCUT2D eigenvalue weighted by Gasteiger charge is 2.16. The average Bonchev–Trinajstić information content (AvgIpc) is 2.39. The molecule has 0 saturated heterocycles. The molecule has 0 aliphatic heterocycles. The minimum absolute atomic E-state index is 0.0611. The molecule has 0 spiro atoms. The number of hydrogen-bond donors (Lipinski definition) is 2. The highest BCUT2D eigenvalue weighted by molar-refractivity contribution is 5.78. The molecule has 0 radical (unpaired) electrons. The molecule has 0 saturated carbocycles. The number of benzene rings is 1. The van der Waals surface area contributed by atoms with Gasteiger partial charge in [0.1, 0.15) is 0 Å². The van der Waals surface area contributed by atoms with E-state index in [-0.39, 0.29) is 18.5 Å². The lowest BCUT2D eigenvalue weighted by atomic mass is 10.1. The number of nitrogens with one attached hydrogen (secondary N) is 1. The Morgan fingerprint density at radius 3 is 2.40 bits per heavy atom. The number of carbonyl (C=O) groups excluding carboxylic acids is 1. The van der Waals surface area contributed by atoms with Crippen LogP contribution >= 0.6 is 0 Å². The molecule has 1 amide bonds. The normalized spacial score (nSPS) is 13.8. The number of carboxylic acids is 1. The molecule has 5 heteroatoms. The Morgan fingerprint density at radius 1 is 1.25 bits per heavy atom. The molecule has 0 aromatic heterocycles. The molecule has 1 aromatic rings. The fourth-order valence-corrected chi connectivity index (χ4v) is 1.97. The van der Waals surface area contributed by atoms with Crippen LogP contribution in [0.3, 0.4) is 0 Å². The van der Waals surface area contributed by atoms with Gasteiger partial charge in [-0.2, -0.15) is 0 Å². The monoisotopic (exact) mass is 278 g/mol. The molecular weight excluding hydrogens is 256 g/mol. The number of hydrogen-bond acceptors (Lipinski definition) is 3. The van der Waals surface area contributed by atoms with E-state index in [9.17, 15) is 9.59 Å². The summed E-state index contributed by atoms with van der Waals surface area (Å²) in [4.78, 5) is 24.4. The standard InChI is InChI=1S/C15H22N2O3/c1-11(15(19)20)9-17(3)10-14(18)16-12(2)13-7-5-4-6-8-13/h4-8,11-12H,9-10H2,1-3H3,(H,16,18)(H,19,20). The largest absolute Gasteiger partial charge is 0.481 e. The first-order valence-electron chi connectivity index (χ1n) is 6.65. The summed E-state index contributed by atoms with van der Waals surface area (Å²) in [6, 6.07) is 9.65. The Hall–Kier alpha value is -1.88. The van der Waals surface area contributed by atoms with Gasteiger partial charge < -0.3 is 10.4 Å². The van der Waals surface area contributed by atoms with Gasteiger partial charge in [-0.3, -0.25) is 14.5 Å². The van der Waals surface area contributed by atoms with Gasteiger partial charge in [0.05, 0.1) is 18.5 Å². The zero-order valence-electron chi connectivity index (χ0n) is 12.2. The van der Waals surface area contributed by atoms with Crippen LogP contribution < -0.4 is 5.32 Å². The summed E-state index contributed by atoms with van der Waals surface area (Å²) in [5.41, 5.74) is 1.04. The number of amides is 1. The summed E-state index contributed by atoms with van der Waals surface area (Å²) in [5.74, 6) is -1.45. The third-order valence-electron chi connectivity index (χ3n) is 3.10. The molecule has 5 nitrogen and oxygen atoms in total. The first-order chi connectivity index (χ1) is 9.40. The summed E-state index contributed by atoms with van der Waals surface area (Å²) >= 11 is 0. The zero-order chi connectivity index (χ0) is 15.1. The molecule has 1 aromatic carbocycles. The van der Waals surface area contributed by atoms with Gasteiger partial charge in [-0.05, 0) is 19.5 Å². The number of carbonyl (C=O) groups is 2. The van der Waals surface area contributed by atoms with E-state index in [0.29, 0.717) is 6.54 Å². The minimum Gasteiger partial charge on any atom is -0.481 e. The lowest BCUT2D eigenvalue weighted by Crippen LogP contribution is -2.39. The van der Waals surface area contributed by atoms with Gasteiger partial charge in [-0.15, -0.1) is 0 Å². The molecule has 0 heterocycles. The van der Waals surface area contributed by atoms with E-state index in [4.69, 9.17) is 5.11 Å². The van der Waals surface area contributed by atoms with Crippen molar-refractivity contribution in [2.45, 2.75) is 19.9 Å². The summed E-state index contributed by atoms with van der Waals surface area (Å²) in [5, 5.41) is 11.7. The second-order valence-corrected chi connectivity index (χ2v) is 5.14. The molecule has 0 aliphatic carbocycles. The third kappa shape index (κ3) is 5.40. The van der Waals surface area contributed by atoms with Crippen LogP contribution in [-0.4, -0.2) is 42.0 Å². The van der Waals surface area contributed by atoms with Crippen molar-refractivity contribution in [3.8, 4) is 0 Å². The minimum atomic E-state index is -0.852. The number of nitrogens with zero attached hydrogens (tertiary/aromatic N) is 1. The molecule has 0 bridgehead atoms. The summed E-state index contributed by atoms with van der Waals surface area (Å²) in [6.45, 7) is 4.09. The van der Waals surface area contributed by atoms with Gasteiger partial charge in [0.15, 0.2) is 0 Å². The van der Waals surface area contributed by atoms with Crippen molar-refractivity contribution < 1.29 is 14.7 Å². The van der Waals surface area contributed by atoms with Crippen molar-refractivity contribution in [2.75, 3.05) is 20.1 Å². The maximum Gasteiger partial charge on any atom is 0.307 e. The van der Waals surface area contributed by atoms with Crippen LogP contribution in [0.15, 0.2) is 30.3 Å². The Balaban J connectivity index is 2.42. The molecule has 20 heavy (non-hydrogen) atoms. The second kappa shape index (κ2) is 7.65. The predicted octanol–water partition coefficient (Wildman–Crippen LogP) is 1.52. The molecule has 0 fully saturated rings. The van der Waals surface area contributed by atoms with E-state index in [1.807, 2.05) is 37.3 Å². The van der Waals surface area contributed by atoms with Gasteiger partial charge in [0.25, 0.3) is 0 Å². The first-order valence-corrected chi connectivity index (χ1v) is 6.65. The van der Waals surface area contributed by atoms with Crippen LogP contribution in [0, 0.1) is 5.92 Å². The van der Waals surface area contributed by atoms with Crippen molar-refractivity contribution in [1.29, 1.82) is 0 Å². The van der Waals surface area contributed by atoms with Crippen molar-refractivity contribution >= 4 is 11.9 Å². The van der Waals surface area contributed by atoms with Gasteiger partial charge in [0.2, 0.25) is 5.91 Å². The summed E-state index contributed by atoms with van der Waals surface area (Å²) in [7, 11) is 1.74. The van der Waals surface area contributed by atoms with E-state index < -0.39 is 11.9 Å². The predicted molar refractivity (Wildman–Crippen MR) is 77.3 cm³/mol. The van der Waals surface area contributed by atoms with Crippen LogP contribution in [0.1, 0.15) is 25.5 Å². The van der Waals surface area contributed by atoms with E-state index in [1.54, 1.807) is 18.9 Å². The maximum absolute atomic E-state index is 11.9. The van der Waals surface area contributed by atoms with Crippen LogP contribution in [-0.2, 0) is 9.59 Å². The highest BCUT2D eigenvalue weighted by Crippen LogP contribution is 2.10. The summed E-state index contributed by atoms with van der Waals surface area (Å²) < 4.78 is 0. The van der Waals surface area contributed by atoms with E-state index in [1.165, 1.54) is 0 Å². The molecule has 0 aliphatic rings. The number of rotatable bonds is 7. The topological polar surface area (TPSA) is 69.6 Å².